The Hall–Kier alpha value is -2.04. The number of hydrogen-bond acceptors (Lipinski definition) is 4. The van der Waals surface area contributed by atoms with E-state index in [4.69, 9.17) is 5.73 Å². The summed E-state index contributed by atoms with van der Waals surface area (Å²) in [6.45, 7) is 5.47. The minimum Gasteiger partial charge on any atom is -0.397 e. The van der Waals surface area contributed by atoms with Crippen molar-refractivity contribution in [2.75, 3.05) is 17.2 Å². The number of anilines is 2. The molecule has 0 spiro atoms. The lowest BCUT2D eigenvalue weighted by molar-refractivity contribution is 0.571. The Morgan fingerprint density at radius 3 is 2.86 bits per heavy atom. The number of aromatic nitrogens is 2. The molecule has 0 saturated heterocycles. The second-order valence-corrected chi connectivity index (χ2v) is 6.27. The average molecular weight is 286 g/mol. The van der Waals surface area contributed by atoms with Crippen molar-refractivity contribution < 1.29 is 0 Å². The number of nitrogen functional groups attached to an aromatic ring is 1. The Morgan fingerprint density at radius 1 is 1.43 bits per heavy atom. The lowest BCUT2D eigenvalue weighted by atomic mass is 10.1. The van der Waals surface area contributed by atoms with Gasteiger partial charge in [-0.05, 0) is 37.3 Å². The quantitative estimate of drug-likeness (QED) is 0.828. The standard InChI is InChI=1S/C16H22N4O/c1-10(2)5-6-20(11-3-4-11)15-8-14-12(7-13(15)17)16(21)19-9-18-14/h7-11H,3-6,17H2,1-2H3,(H,18,19,21). The van der Waals surface area contributed by atoms with Crippen molar-refractivity contribution in [2.45, 2.75) is 39.2 Å². The van der Waals surface area contributed by atoms with Crippen LogP contribution >= 0.6 is 0 Å². The first kappa shape index (κ1) is 13.9. The fraction of sp³-hybridized carbons (Fsp3) is 0.500. The second kappa shape index (κ2) is 5.39. The zero-order valence-corrected chi connectivity index (χ0v) is 12.6. The number of benzene rings is 1. The van der Waals surface area contributed by atoms with Crippen LogP contribution in [-0.2, 0) is 0 Å². The average Bonchev–Trinajstić information content (AvgIpc) is 3.25. The Kier molecular flexibility index (Phi) is 3.57. The molecular formula is C16H22N4O. The van der Waals surface area contributed by atoms with Gasteiger partial charge in [0.2, 0.25) is 0 Å². The van der Waals surface area contributed by atoms with Gasteiger partial charge in [0.05, 0.1) is 28.6 Å². The van der Waals surface area contributed by atoms with Gasteiger partial charge in [-0.15, -0.1) is 0 Å². The fourth-order valence-corrected chi connectivity index (χ4v) is 2.65. The number of aromatic amines is 1. The molecule has 5 nitrogen and oxygen atoms in total. The first-order valence-corrected chi connectivity index (χ1v) is 7.60. The number of nitrogens with two attached hydrogens (primary N) is 1. The van der Waals surface area contributed by atoms with E-state index >= 15 is 0 Å². The predicted molar refractivity (Wildman–Crippen MR) is 86.6 cm³/mol. The third kappa shape index (κ3) is 2.86. The summed E-state index contributed by atoms with van der Waals surface area (Å²) in [5.74, 6) is 0.661. The van der Waals surface area contributed by atoms with Crippen molar-refractivity contribution in [3.8, 4) is 0 Å². The highest BCUT2D eigenvalue weighted by Gasteiger charge is 2.30. The molecule has 112 valence electrons. The van der Waals surface area contributed by atoms with Crippen molar-refractivity contribution in [3.05, 3.63) is 28.8 Å². The van der Waals surface area contributed by atoms with Gasteiger partial charge in [-0.1, -0.05) is 13.8 Å². The molecule has 0 radical (unpaired) electrons. The first-order valence-electron chi connectivity index (χ1n) is 7.60. The summed E-state index contributed by atoms with van der Waals surface area (Å²) in [4.78, 5) is 21.0. The van der Waals surface area contributed by atoms with Gasteiger partial charge in [-0.2, -0.15) is 0 Å². The van der Waals surface area contributed by atoms with E-state index < -0.39 is 0 Å². The number of rotatable bonds is 5. The Balaban J connectivity index is 2.01. The fourth-order valence-electron chi connectivity index (χ4n) is 2.65. The number of nitrogens with one attached hydrogen (secondary N) is 1. The summed E-state index contributed by atoms with van der Waals surface area (Å²) >= 11 is 0. The molecule has 0 amide bonds. The number of fused-ring (bicyclic) bond motifs is 1. The molecule has 0 atom stereocenters. The molecule has 2 aromatic rings. The van der Waals surface area contributed by atoms with Crippen LogP contribution in [0.4, 0.5) is 11.4 Å². The number of nitrogens with zero attached hydrogens (tertiary/aromatic N) is 2. The summed E-state index contributed by atoms with van der Waals surface area (Å²) in [6, 6.07) is 4.30. The lowest BCUT2D eigenvalue weighted by Gasteiger charge is -2.27. The van der Waals surface area contributed by atoms with Crippen LogP contribution in [0.1, 0.15) is 33.1 Å². The van der Waals surface area contributed by atoms with Crippen molar-refractivity contribution in [1.29, 1.82) is 0 Å². The molecule has 3 rings (SSSR count). The number of H-pyrrole nitrogens is 1. The van der Waals surface area contributed by atoms with Crippen LogP contribution in [0.3, 0.4) is 0 Å². The van der Waals surface area contributed by atoms with Gasteiger partial charge in [0, 0.05) is 12.6 Å². The molecule has 0 aliphatic heterocycles. The van der Waals surface area contributed by atoms with Crippen LogP contribution < -0.4 is 16.2 Å². The predicted octanol–water partition coefficient (Wildman–Crippen LogP) is 2.52. The van der Waals surface area contributed by atoms with E-state index in [1.807, 2.05) is 6.07 Å². The molecule has 21 heavy (non-hydrogen) atoms. The summed E-state index contributed by atoms with van der Waals surface area (Å²) in [5.41, 5.74) is 8.45. The van der Waals surface area contributed by atoms with Gasteiger partial charge in [0.25, 0.3) is 5.56 Å². The van der Waals surface area contributed by atoms with Crippen LogP contribution in [0.5, 0.6) is 0 Å². The SMILES string of the molecule is CC(C)CCN(c1cc2nc[nH]c(=O)c2cc1N)C1CC1. The van der Waals surface area contributed by atoms with Crippen LogP contribution in [0.15, 0.2) is 23.3 Å². The molecule has 1 aliphatic carbocycles. The first-order chi connectivity index (χ1) is 10.1. The molecule has 0 unspecified atom stereocenters. The monoisotopic (exact) mass is 286 g/mol. The van der Waals surface area contributed by atoms with Gasteiger partial charge < -0.3 is 15.6 Å². The zero-order valence-electron chi connectivity index (χ0n) is 12.6. The molecule has 5 heteroatoms. The maximum atomic E-state index is 11.8. The van der Waals surface area contributed by atoms with Crippen LogP contribution in [0, 0.1) is 5.92 Å². The normalized spacial score (nSPS) is 14.8. The van der Waals surface area contributed by atoms with Crippen molar-refractivity contribution in [1.82, 2.24) is 9.97 Å². The Labute approximate surface area is 124 Å². The highest BCUT2D eigenvalue weighted by atomic mass is 16.1. The lowest BCUT2D eigenvalue weighted by Crippen LogP contribution is -2.28. The molecule has 1 aromatic carbocycles. The third-order valence-electron chi connectivity index (χ3n) is 4.03. The maximum Gasteiger partial charge on any atom is 0.258 e. The van der Waals surface area contributed by atoms with Crippen molar-refractivity contribution in [3.63, 3.8) is 0 Å². The van der Waals surface area contributed by atoms with Gasteiger partial charge in [-0.3, -0.25) is 4.79 Å². The van der Waals surface area contributed by atoms with Crippen LogP contribution in [-0.4, -0.2) is 22.6 Å². The molecule has 1 heterocycles. The van der Waals surface area contributed by atoms with Gasteiger partial charge in [-0.25, -0.2) is 4.98 Å². The summed E-state index contributed by atoms with van der Waals surface area (Å²) < 4.78 is 0. The molecule has 0 bridgehead atoms. The molecule has 1 aliphatic rings. The van der Waals surface area contributed by atoms with E-state index in [0.29, 0.717) is 28.6 Å². The van der Waals surface area contributed by atoms with Crippen LogP contribution in [0.2, 0.25) is 0 Å². The largest absolute Gasteiger partial charge is 0.397 e. The second-order valence-electron chi connectivity index (χ2n) is 6.27. The van der Waals surface area contributed by atoms with Gasteiger partial charge in [0.1, 0.15) is 0 Å². The zero-order chi connectivity index (χ0) is 15.0. The summed E-state index contributed by atoms with van der Waals surface area (Å²) in [5, 5.41) is 0.554. The molecular weight excluding hydrogens is 264 g/mol. The van der Waals surface area contributed by atoms with Gasteiger partial charge >= 0.3 is 0 Å². The molecule has 1 saturated carbocycles. The van der Waals surface area contributed by atoms with E-state index in [1.165, 1.54) is 19.2 Å². The highest BCUT2D eigenvalue weighted by molar-refractivity contribution is 5.88. The van der Waals surface area contributed by atoms with Gasteiger partial charge in [0.15, 0.2) is 0 Å². The van der Waals surface area contributed by atoms with E-state index in [2.05, 4.69) is 28.7 Å². The highest BCUT2D eigenvalue weighted by Crippen LogP contribution is 2.36. The van der Waals surface area contributed by atoms with E-state index in [-0.39, 0.29) is 5.56 Å². The maximum absolute atomic E-state index is 11.8. The molecule has 1 aromatic heterocycles. The Bertz CT molecular complexity index is 703. The number of hydrogen-bond donors (Lipinski definition) is 2. The van der Waals surface area contributed by atoms with E-state index in [0.717, 1.165) is 18.7 Å². The minimum atomic E-state index is -0.140. The summed E-state index contributed by atoms with van der Waals surface area (Å²) in [6.07, 6.45) is 5.02. The van der Waals surface area contributed by atoms with E-state index in [9.17, 15) is 4.79 Å². The van der Waals surface area contributed by atoms with Crippen LogP contribution in [0.25, 0.3) is 10.9 Å². The Morgan fingerprint density at radius 2 is 2.19 bits per heavy atom. The smallest absolute Gasteiger partial charge is 0.258 e. The van der Waals surface area contributed by atoms with Crippen molar-refractivity contribution in [2.24, 2.45) is 5.92 Å². The third-order valence-corrected chi connectivity index (χ3v) is 4.03. The topological polar surface area (TPSA) is 75.0 Å². The van der Waals surface area contributed by atoms with E-state index in [1.54, 1.807) is 6.07 Å². The minimum absolute atomic E-state index is 0.140. The molecule has 3 N–H and O–H groups in total. The van der Waals surface area contributed by atoms with Crippen molar-refractivity contribution >= 4 is 22.3 Å². The summed E-state index contributed by atoms with van der Waals surface area (Å²) in [7, 11) is 0. The molecule has 1 fully saturated rings.